The molecule has 0 aromatic heterocycles. The fourth-order valence-electron chi connectivity index (χ4n) is 1.10. The monoisotopic (exact) mass is 217 g/mol. The number of carbonyl (C=O) groups excluding carboxylic acids is 1. The number of benzene rings is 1. The Hall–Kier alpha value is -1.43. The van der Waals surface area contributed by atoms with Gasteiger partial charge < -0.3 is 5.73 Å². The van der Waals surface area contributed by atoms with E-state index in [1.54, 1.807) is 0 Å². The van der Waals surface area contributed by atoms with Crippen LogP contribution in [0.5, 0.6) is 0 Å². The fraction of sp³-hybridized carbons (Fsp3) is 0.125. The average molecular weight is 217 g/mol. The first-order valence-corrected chi connectivity index (χ1v) is 5.23. The van der Waals surface area contributed by atoms with Crippen molar-refractivity contribution in [1.82, 2.24) is 0 Å². The molecule has 0 heterocycles. The number of nitrogens with two attached hydrogens (primary N) is 1. The van der Waals surface area contributed by atoms with Crippen LogP contribution in [0.4, 0.5) is 9.57 Å². The predicted octanol–water partition coefficient (Wildman–Crippen LogP) is 0.881. The maximum absolute atomic E-state index is 12.3. The summed E-state index contributed by atoms with van der Waals surface area (Å²) in [6.45, 7) is 0. The highest BCUT2D eigenvalue weighted by Gasteiger charge is 2.09. The molecule has 1 aromatic rings. The van der Waals surface area contributed by atoms with E-state index < -0.39 is 16.0 Å². The van der Waals surface area contributed by atoms with E-state index in [9.17, 15) is 17.1 Å². The minimum atomic E-state index is -4.59. The number of anilines is 1. The van der Waals surface area contributed by atoms with E-state index in [0.717, 1.165) is 0 Å². The molecule has 2 N–H and O–H groups in total. The molecule has 0 spiro atoms. The molecule has 0 saturated heterocycles. The first-order valence-electron chi connectivity index (χ1n) is 3.67. The highest BCUT2D eigenvalue weighted by atomic mass is 32.3. The second-order valence-electron chi connectivity index (χ2n) is 2.81. The van der Waals surface area contributed by atoms with Crippen LogP contribution in [0.3, 0.4) is 0 Å². The summed E-state index contributed by atoms with van der Waals surface area (Å²) in [7, 11) is -4.59. The molecule has 0 atom stereocenters. The van der Waals surface area contributed by atoms with Crippen molar-refractivity contribution in [3.63, 3.8) is 0 Å². The number of hydrogen-bond donors (Lipinski definition) is 1. The SMILES string of the molecule is Nc1cc(C=O)cc(CS(=O)(=O)F)c1. The largest absolute Gasteiger partial charge is 0.399 e. The van der Waals surface area contributed by atoms with Gasteiger partial charge in [-0.05, 0) is 23.8 Å². The lowest BCUT2D eigenvalue weighted by molar-refractivity contribution is 0.112. The summed E-state index contributed by atoms with van der Waals surface area (Å²) in [6, 6.07) is 3.96. The van der Waals surface area contributed by atoms with Gasteiger partial charge in [0.2, 0.25) is 0 Å². The Balaban J connectivity index is 3.10. The summed E-state index contributed by atoms with van der Waals surface area (Å²) in [5.74, 6) is -0.765. The lowest BCUT2D eigenvalue weighted by Crippen LogP contribution is -1.99. The third kappa shape index (κ3) is 3.14. The molecule has 0 unspecified atom stereocenters. The van der Waals surface area contributed by atoms with E-state index in [1.165, 1.54) is 18.2 Å². The van der Waals surface area contributed by atoms with E-state index in [0.29, 0.717) is 6.29 Å². The number of carbonyl (C=O) groups is 1. The number of nitrogen functional groups attached to an aromatic ring is 1. The summed E-state index contributed by atoms with van der Waals surface area (Å²) in [5.41, 5.74) is 5.99. The molecule has 0 amide bonds. The zero-order valence-corrected chi connectivity index (χ0v) is 7.92. The second-order valence-corrected chi connectivity index (χ2v) is 4.18. The molecule has 14 heavy (non-hydrogen) atoms. The Morgan fingerprint density at radius 2 is 2.00 bits per heavy atom. The van der Waals surface area contributed by atoms with E-state index in [2.05, 4.69) is 0 Å². The first kappa shape index (κ1) is 10.6. The summed E-state index contributed by atoms with van der Waals surface area (Å²) in [4.78, 5) is 10.4. The molecule has 4 nitrogen and oxygen atoms in total. The van der Waals surface area contributed by atoms with Crippen LogP contribution in [0.15, 0.2) is 18.2 Å². The molecule has 1 rings (SSSR count). The summed E-state index contributed by atoms with van der Waals surface area (Å²) in [5, 5.41) is 0. The zero-order chi connectivity index (χ0) is 10.8. The highest BCUT2D eigenvalue weighted by Crippen LogP contribution is 2.14. The van der Waals surface area contributed by atoms with E-state index in [-0.39, 0.29) is 16.8 Å². The lowest BCUT2D eigenvalue weighted by Gasteiger charge is -2.00. The predicted molar refractivity (Wildman–Crippen MR) is 50.0 cm³/mol. The van der Waals surface area contributed by atoms with Crippen LogP contribution >= 0.6 is 0 Å². The molecule has 0 aliphatic carbocycles. The van der Waals surface area contributed by atoms with Crippen LogP contribution < -0.4 is 5.73 Å². The van der Waals surface area contributed by atoms with Crippen molar-refractivity contribution in [3.05, 3.63) is 29.3 Å². The van der Waals surface area contributed by atoms with Crippen molar-refractivity contribution in [2.24, 2.45) is 0 Å². The maximum atomic E-state index is 12.3. The average Bonchev–Trinajstić information content (AvgIpc) is 1.99. The smallest absolute Gasteiger partial charge is 0.306 e. The molecule has 6 heteroatoms. The molecule has 76 valence electrons. The Morgan fingerprint density at radius 1 is 1.36 bits per heavy atom. The minimum absolute atomic E-state index is 0.162. The molecular weight excluding hydrogens is 209 g/mol. The van der Waals surface area contributed by atoms with Crippen LogP contribution in [0.25, 0.3) is 0 Å². The summed E-state index contributed by atoms with van der Waals surface area (Å²) >= 11 is 0. The van der Waals surface area contributed by atoms with Crippen molar-refractivity contribution < 1.29 is 17.1 Å². The Bertz CT molecular complexity index is 456. The highest BCUT2D eigenvalue weighted by molar-refractivity contribution is 7.85. The van der Waals surface area contributed by atoms with Gasteiger partial charge in [-0.1, -0.05) is 0 Å². The van der Waals surface area contributed by atoms with Gasteiger partial charge in [0.05, 0.1) is 0 Å². The molecule has 0 bridgehead atoms. The number of aldehydes is 1. The van der Waals surface area contributed by atoms with Gasteiger partial charge >= 0.3 is 10.2 Å². The molecule has 0 aliphatic heterocycles. The second kappa shape index (κ2) is 3.75. The van der Waals surface area contributed by atoms with E-state index in [1.807, 2.05) is 0 Å². The Labute approximate surface area is 80.7 Å². The van der Waals surface area contributed by atoms with Crippen molar-refractivity contribution in [1.29, 1.82) is 0 Å². The van der Waals surface area contributed by atoms with Gasteiger partial charge in [-0.25, -0.2) is 0 Å². The van der Waals surface area contributed by atoms with Gasteiger partial charge in [-0.15, -0.1) is 3.89 Å². The Morgan fingerprint density at radius 3 is 2.50 bits per heavy atom. The molecule has 0 radical (unpaired) electrons. The van der Waals surface area contributed by atoms with Crippen LogP contribution in [-0.4, -0.2) is 14.7 Å². The van der Waals surface area contributed by atoms with E-state index >= 15 is 0 Å². The van der Waals surface area contributed by atoms with Crippen molar-refractivity contribution in [2.75, 3.05) is 5.73 Å². The molecular formula is C8H8FNO3S. The van der Waals surface area contributed by atoms with Crippen LogP contribution in [-0.2, 0) is 16.0 Å². The lowest BCUT2D eigenvalue weighted by atomic mass is 10.1. The number of halogens is 1. The van der Waals surface area contributed by atoms with Crippen molar-refractivity contribution in [3.8, 4) is 0 Å². The van der Waals surface area contributed by atoms with Crippen LogP contribution in [0, 0.1) is 0 Å². The topological polar surface area (TPSA) is 77.2 Å². The summed E-state index contributed by atoms with van der Waals surface area (Å²) in [6.07, 6.45) is 0.519. The van der Waals surface area contributed by atoms with Gasteiger partial charge in [-0.3, -0.25) is 4.79 Å². The quantitative estimate of drug-likeness (QED) is 0.463. The van der Waals surface area contributed by atoms with Gasteiger partial charge in [0.25, 0.3) is 0 Å². The van der Waals surface area contributed by atoms with Crippen molar-refractivity contribution >= 4 is 22.2 Å². The first-order chi connectivity index (χ1) is 6.40. The molecule has 0 saturated carbocycles. The standard InChI is InChI=1S/C8H8FNO3S/c9-14(12,13)5-7-1-6(4-11)2-8(10)3-7/h1-4H,5,10H2. The van der Waals surface area contributed by atoms with Gasteiger partial charge in [-0.2, -0.15) is 8.42 Å². The van der Waals surface area contributed by atoms with Crippen LogP contribution in [0.1, 0.15) is 15.9 Å². The van der Waals surface area contributed by atoms with Gasteiger partial charge in [0, 0.05) is 11.3 Å². The molecule has 0 fully saturated rings. The van der Waals surface area contributed by atoms with Crippen molar-refractivity contribution in [2.45, 2.75) is 5.75 Å². The molecule has 0 aliphatic rings. The normalized spacial score (nSPS) is 11.2. The number of rotatable bonds is 3. The van der Waals surface area contributed by atoms with E-state index in [4.69, 9.17) is 5.73 Å². The minimum Gasteiger partial charge on any atom is -0.399 e. The maximum Gasteiger partial charge on any atom is 0.306 e. The number of hydrogen-bond acceptors (Lipinski definition) is 4. The fourth-order valence-corrected chi connectivity index (χ4v) is 1.66. The van der Waals surface area contributed by atoms with Gasteiger partial charge in [0.15, 0.2) is 0 Å². The third-order valence-electron chi connectivity index (χ3n) is 1.51. The molecule has 1 aromatic carbocycles. The third-order valence-corrected chi connectivity index (χ3v) is 2.19. The van der Waals surface area contributed by atoms with Crippen LogP contribution in [0.2, 0.25) is 0 Å². The zero-order valence-electron chi connectivity index (χ0n) is 7.10. The summed E-state index contributed by atoms with van der Waals surface area (Å²) < 4.78 is 32.9. The Kier molecular flexibility index (Phi) is 2.85. The van der Waals surface area contributed by atoms with Gasteiger partial charge in [0.1, 0.15) is 12.0 Å².